The fraction of sp³-hybridized carbons (Fsp3) is 0.242. The van der Waals surface area contributed by atoms with Crippen LogP contribution in [0.25, 0.3) is 6.08 Å². The first-order valence-electron chi connectivity index (χ1n) is 13.9. The lowest BCUT2D eigenvalue weighted by molar-refractivity contribution is -0.139. The average molecular weight is 654 g/mol. The van der Waals surface area contributed by atoms with Gasteiger partial charge in [0.25, 0.3) is 5.56 Å². The van der Waals surface area contributed by atoms with Crippen molar-refractivity contribution in [3.05, 3.63) is 118 Å². The van der Waals surface area contributed by atoms with Gasteiger partial charge in [-0.1, -0.05) is 64.9 Å². The number of methoxy groups -OCH3 is 1. The fourth-order valence-corrected chi connectivity index (χ4v) is 6.41. The number of fused-ring (bicyclic) bond motifs is 1. The van der Waals surface area contributed by atoms with E-state index in [1.165, 1.54) is 11.3 Å². The molecule has 8 nitrogen and oxygen atoms in total. The van der Waals surface area contributed by atoms with Crippen LogP contribution >= 0.6 is 34.5 Å². The predicted octanol–water partition coefficient (Wildman–Crippen LogP) is 6.09. The third kappa shape index (κ3) is 6.40. The number of esters is 1. The molecule has 0 bridgehead atoms. The predicted molar refractivity (Wildman–Crippen MR) is 172 cm³/mol. The maximum atomic E-state index is 14.1. The summed E-state index contributed by atoms with van der Waals surface area (Å²) in [6.45, 7) is 6.26. The summed E-state index contributed by atoms with van der Waals surface area (Å²) in [6, 6.07) is 17.2. The maximum absolute atomic E-state index is 14.1. The Morgan fingerprint density at radius 1 is 1.05 bits per heavy atom. The summed E-state index contributed by atoms with van der Waals surface area (Å²) in [5.41, 5.74) is 2.57. The third-order valence-electron chi connectivity index (χ3n) is 6.93. The summed E-state index contributed by atoms with van der Waals surface area (Å²) >= 11 is 13.6. The molecular formula is C33H30Cl2N2O6S. The lowest BCUT2D eigenvalue weighted by Gasteiger charge is -2.24. The number of rotatable bonds is 10. The van der Waals surface area contributed by atoms with E-state index in [-0.39, 0.29) is 18.8 Å². The molecule has 5 rings (SSSR count). The summed E-state index contributed by atoms with van der Waals surface area (Å²) in [5, 5.41) is 1.00. The topological polar surface area (TPSA) is 88.4 Å². The summed E-state index contributed by atoms with van der Waals surface area (Å²) in [6.07, 6.45) is 1.74. The van der Waals surface area contributed by atoms with Crippen molar-refractivity contribution >= 4 is 46.6 Å². The zero-order valence-corrected chi connectivity index (χ0v) is 26.9. The highest BCUT2D eigenvalue weighted by Crippen LogP contribution is 2.34. The van der Waals surface area contributed by atoms with E-state index < -0.39 is 12.0 Å². The van der Waals surface area contributed by atoms with Crippen molar-refractivity contribution < 1.29 is 23.7 Å². The third-order valence-corrected chi connectivity index (χ3v) is 8.50. The molecule has 4 aromatic rings. The van der Waals surface area contributed by atoms with Gasteiger partial charge in [-0.2, -0.15) is 0 Å². The molecule has 0 fully saturated rings. The molecule has 0 spiro atoms. The molecule has 44 heavy (non-hydrogen) atoms. The minimum absolute atomic E-state index is 0.151. The smallest absolute Gasteiger partial charge is 0.338 e. The van der Waals surface area contributed by atoms with Gasteiger partial charge in [-0.25, -0.2) is 9.79 Å². The van der Waals surface area contributed by atoms with Gasteiger partial charge in [0.15, 0.2) is 16.3 Å². The summed E-state index contributed by atoms with van der Waals surface area (Å²) < 4.78 is 24.7. The van der Waals surface area contributed by atoms with Crippen LogP contribution in [0, 0.1) is 0 Å². The molecule has 0 saturated carbocycles. The van der Waals surface area contributed by atoms with Crippen LogP contribution in [0.2, 0.25) is 10.0 Å². The van der Waals surface area contributed by atoms with Gasteiger partial charge in [-0.05, 0) is 62.7 Å². The van der Waals surface area contributed by atoms with Gasteiger partial charge >= 0.3 is 5.97 Å². The van der Waals surface area contributed by atoms with Gasteiger partial charge in [0.1, 0.15) is 12.4 Å². The van der Waals surface area contributed by atoms with E-state index in [9.17, 15) is 9.59 Å². The molecule has 2 heterocycles. The molecule has 1 aliphatic rings. The Balaban J connectivity index is 1.62. The number of carbonyl (C=O) groups is 1. The summed E-state index contributed by atoms with van der Waals surface area (Å²) in [4.78, 5) is 32.4. The minimum Gasteiger partial charge on any atom is -0.494 e. The Morgan fingerprint density at radius 2 is 1.82 bits per heavy atom. The van der Waals surface area contributed by atoms with Gasteiger partial charge < -0.3 is 18.9 Å². The maximum Gasteiger partial charge on any atom is 0.338 e. The van der Waals surface area contributed by atoms with Crippen molar-refractivity contribution in [2.75, 3.05) is 20.3 Å². The van der Waals surface area contributed by atoms with Gasteiger partial charge in [0.05, 0.1) is 42.2 Å². The SMILES string of the molecule is CCOC(=O)C1=C(C)N=c2s/c(=C\c3cccc(OC)c3OCc3ccc(Cl)cc3Cl)c(=O)n2[C@@H]1c1ccc(OCC)cc1. The number of ether oxygens (including phenoxy) is 4. The largest absolute Gasteiger partial charge is 0.494 e. The zero-order valence-electron chi connectivity index (χ0n) is 24.6. The quantitative estimate of drug-likeness (QED) is 0.193. The van der Waals surface area contributed by atoms with Crippen LogP contribution in [-0.2, 0) is 16.1 Å². The zero-order chi connectivity index (χ0) is 31.4. The monoisotopic (exact) mass is 652 g/mol. The number of para-hydroxylation sites is 1. The highest BCUT2D eigenvalue weighted by Gasteiger charge is 2.33. The van der Waals surface area contributed by atoms with Crippen LogP contribution in [0.4, 0.5) is 0 Å². The number of allylic oxidation sites excluding steroid dienone is 1. The lowest BCUT2D eigenvalue weighted by Crippen LogP contribution is -2.39. The van der Waals surface area contributed by atoms with Gasteiger partial charge in [0.2, 0.25) is 0 Å². The van der Waals surface area contributed by atoms with Gasteiger partial charge in [-0.15, -0.1) is 0 Å². The van der Waals surface area contributed by atoms with Crippen LogP contribution < -0.4 is 29.1 Å². The standard InChI is InChI=1S/C33H30Cl2N2O6S/c1-5-41-24-14-11-20(12-15-24)29-28(32(39)42-6-2)19(3)36-33-37(29)31(38)27(44-33)16-21-8-7-9-26(40-4)30(21)43-18-22-10-13-23(34)17-25(22)35/h7-17,29H,5-6,18H2,1-4H3/b27-16-/t29-/m1/s1. The van der Waals surface area contributed by atoms with Gasteiger partial charge in [0, 0.05) is 21.2 Å². The molecule has 1 aliphatic heterocycles. The second-order valence-corrected chi connectivity index (χ2v) is 11.6. The number of benzene rings is 3. The number of aromatic nitrogens is 1. The summed E-state index contributed by atoms with van der Waals surface area (Å²) in [7, 11) is 1.55. The molecule has 1 atom stereocenters. The molecule has 228 valence electrons. The Bertz CT molecular complexity index is 1910. The minimum atomic E-state index is -0.740. The van der Waals surface area contributed by atoms with E-state index in [4.69, 9.17) is 42.1 Å². The number of hydrogen-bond donors (Lipinski definition) is 0. The molecule has 0 aliphatic carbocycles. The first kappa shape index (κ1) is 31.4. The van der Waals surface area contributed by atoms with E-state index in [1.54, 1.807) is 55.9 Å². The molecule has 0 amide bonds. The fourth-order valence-electron chi connectivity index (χ4n) is 4.91. The number of hydrogen-bond acceptors (Lipinski definition) is 8. The Labute approximate surface area is 268 Å². The first-order chi connectivity index (χ1) is 21.2. The lowest BCUT2D eigenvalue weighted by atomic mass is 9.96. The van der Waals surface area contributed by atoms with Gasteiger partial charge in [-0.3, -0.25) is 9.36 Å². The highest BCUT2D eigenvalue weighted by atomic mass is 35.5. The van der Waals surface area contributed by atoms with Crippen LogP contribution in [0.1, 0.15) is 43.5 Å². The van der Waals surface area contributed by atoms with E-state index in [0.717, 1.165) is 11.1 Å². The Hall–Kier alpha value is -4.05. The molecule has 0 saturated heterocycles. The molecular weight excluding hydrogens is 623 g/mol. The molecule has 11 heteroatoms. The van der Waals surface area contributed by atoms with Crippen molar-refractivity contribution in [3.63, 3.8) is 0 Å². The van der Waals surface area contributed by atoms with Crippen LogP contribution in [0.5, 0.6) is 17.2 Å². The number of thiazole rings is 1. The van der Waals surface area contributed by atoms with Crippen molar-refractivity contribution in [3.8, 4) is 17.2 Å². The number of halogens is 2. The average Bonchev–Trinajstić information content (AvgIpc) is 3.30. The van der Waals surface area contributed by atoms with E-state index in [2.05, 4.69) is 4.99 Å². The Kier molecular flexibility index (Phi) is 9.78. The number of carbonyl (C=O) groups excluding carboxylic acids is 1. The van der Waals surface area contributed by atoms with Crippen LogP contribution in [0.15, 0.2) is 81.7 Å². The molecule has 0 N–H and O–H groups in total. The first-order valence-corrected chi connectivity index (χ1v) is 15.5. The van der Waals surface area contributed by atoms with Crippen molar-refractivity contribution in [1.82, 2.24) is 4.57 Å². The molecule has 3 aromatic carbocycles. The van der Waals surface area contributed by atoms with Crippen molar-refractivity contribution in [2.24, 2.45) is 4.99 Å². The van der Waals surface area contributed by atoms with Crippen molar-refractivity contribution in [2.45, 2.75) is 33.4 Å². The van der Waals surface area contributed by atoms with E-state index in [1.807, 2.05) is 43.3 Å². The number of nitrogens with zero attached hydrogens (tertiary/aromatic N) is 2. The van der Waals surface area contributed by atoms with E-state index in [0.29, 0.717) is 60.1 Å². The molecule has 0 unspecified atom stereocenters. The second-order valence-electron chi connectivity index (χ2n) is 9.71. The second kappa shape index (κ2) is 13.7. The van der Waals surface area contributed by atoms with Crippen molar-refractivity contribution in [1.29, 1.82) is 0 Å². The summed E-state index contributed by atoms with van der Waals surface area (Å²) in [5.74, 6) is 1.10. The normalized spacial score (nSPS) is 14.6. The van der Waals surface area contributed by atoms with Crippen LogP contribution in [0.3, 0.4) is 0 Å². The Morgan fingerprint density at radius 3 is 2.50 bits per heavy atom. The molecule has 0 radical (unpaired) electrons. The van der Waals surface area contributed by atoms with E-state index >= 15 is 0 Å². The van der Waals surface area contributed by atoms with Crippen LogP contribution in [-0.4, -0.2) is 30.9 Å². The molecule has 1 aromatic heterocycles. The highest BCUT2D eigenvalue weighted by molar-refractivity contribution is 7.07.